The Morgan fingerprint density at radius 2 is 2.05 bits per heavy atom. The van der Waals surface area contributed by atoms with Crippen molar-refractivity contribution in [2.45, 2.75) is 13.8 Å². The van der Waals surface area contributed by atoms with Crippen molar-refractivity contribution in [2.75, 3.05) is 5.32 Å². The lowest BCUT2D eigenvalue weighted by Crippen LogP contribution is -2.12. The SMILES string of the molecule is Cc1oc(NC(=O)c2ccccc2Cl)c(C#N)c1C. The minimum Gasteiger partial charge on any atom is -0.444 e. The zero-order chi connectivity index (χ0) is 14.0. The molecule has 0 saturated carbocycles. The first-order valence-electron chi connectivity index (χ1n) is 5.60. The fraction of sp³-hybridized carbons (Fsp3) is 0.143. The van der Waals surface area contributed by atoms with Gasteiger partial charge < -0.3 is 4.42 Å². The van der Waals surface area contributed by atoms with E-state index < -0.39 is 5.91 Å². The second-order valence-electron chi connectivity index (χ2n) is 4.03. The molecular weight excluding hydrogens is 264 g/mol. The maximum atomic E-state index is 12.1. The number of hydrogen-bond donors (Lipinski definition) is 1. The Morgan fingerprint density at radius 1 is 1.37 bits per heavy atom. The van der Waals surface area contributed by atoms with Crippen LogP contribution in [0, 0.1) is 25.2 Å². The molecule has 1 aromatic heterocycles. The summed E-state index contributed by atoms with van der Waals surface area (Å²) >= 11 is 5.94. The van der Waals surface area contributed by atoms with Gasteiger partial charge in [0.15, 0.2) is 0 Å². The number of nitriles is 1. The Hall–Kier alpha value is -2.25. The lowest BCUT2D eigenvalue weighted by Gasteiger charge is -2.04. The summed E-state index contributed by atoms with van der Waals surface area (Å²) in [6.07, 6.45) is 0. The zero-order valence-corrected chi connectivity index (χ0v) is 11.2. The second kappa shape index (κ2) is 5.17. The number of hydrogen-bond acceptors (Lipinski definition) is 3. The summed E-state index contributed by atoms with van der Waals surface area (Å²) in [7, 11) is 0. The third-order valence-corrected chi connectivity index (χ3v) is 3.17. The molecule has 0 bridgehead atoms. The smallest absolute Gasteiger partial charge is 0.259 e. The molecule has 0 spiro atoms. The van der Waals surface area contributed by atoms with Crippen molar-refractivity contribution < 1.29 is 9.21 Å². The standard InChI is InChI=1S/C14H11ClN2O2/c1-8-9(2)19-14(11(8)7-16)17-13(18)10-5-3-4-6-12(10)15/h3-6H,1-2H3,(H,17,18). The number of nitrogens with one attached hydrogen (secondary N) is 1. The van der Waals surface area contributed by atoms with E-state index in [2.05, 4.69) is 5.32 Å². The highest BCUT2D eigenvalue weighted by molar-refractivity contribution is 6.34. The number of carbonyl (C=O) groups is 1. The fourth-order valence-corrected chi connectivity index (χ4v) is 1.89. The van der Waals surface area contributed by atoms with Crippen molar-refractivity contribution >= 4 is 23.4 Å². The minimum atomic E-state index is -0.407. The van der Waals surface area contributed by atoms with Crippen molar-refractivity contribution in [3.63, 3.8) is 0 Å². The van der Waals surface area contributed by atoms with E-state index in [4.69, 9.17) is 21.3 Å². The van der Waals surface area contributed by atoms with Crippen LogP contribution in [0.25, 0.3) is 0 Å². The van der Waals surface area contributed by atoms with Crippen LogP contribution in [-0.4, -0.2) is 5.91 Å². The fourth-order valence-electron chi connectivity index (χ4n) is 1.67. The summed E-state index contributed by atoms with van der Waals surface area (Å²) in [6, 6.07) is 8.69. The van der Waals surface area contributed by atoms with Crippen LogP contribution in [0.5, 0.6) is 0 Å². The van der Waals surface area contributed by atoms with Crippen LogP contribution in [0.15, 0.2) is 28.7 Å². The number of rotatable bonds is 2. The van der Waals surface area contributed by atoms with E-state index in [9.17, 15) is 4.79 Å². The van der Waals surface area contributed by atoms with Gasteiger partial charge in [0.2, 0.25) is 5.88 Å². The first-order valence-corrected chi connectivity index (χ1v) is 5.98. The van der Waals surface area contributed by atoms with Crippen molar-refractivity contribution in [1.29, 1.82) is 5.26 Å². The molecule has 0 aliphatic heterocycles. The molecule has 1 amide bonds. The molecule has 0 saturated heterocycles. The summed E-state index contributed by atoms with van der Waals surface area (Å²) in [5, 5.41) is 12.0. The summed E-state index contributed by atoms with van der Waals surface area (Å²) in [5.74, 6) is 0.351. The minimum absolute atomic E-state index is 0.155. The molecule has 1 heterocycles. The highest BCUT2D eigenvalue weighted by Crippen LogP contribution is 2.26. The third kappa shape index (κ3) is 2.47. The first kappa shape index (κ1) is 13.2. The Morgan fingerprint density at radius 3 is 2.68 bits per heavy atom. The van der Waals surface area contributed by atoms with Gasteiger partial charge in [-0.2, -0.15) is 5.26 Å². The van der Waals surface area contributed by atoms with Gasteiger partial charge in [-0.3, -0.25) is 10.1 Å². The molecule has 2 aromatic rings. The molecule has 4 nitrogen and oxygen atoms in total. The average molecular weight is 275 g/mol. The average Bonchev–Trinajstić information content (AvgIpc) is 2.64. The Bertz CT molecular complexity index is 683. The van der Waals surface area contributed by atoms with E-state index in [-0.39, 0.29) is 5.88 Å². The normalized spacial score (nSPS) is 10.0. The van der Waals surface area contributed by atoms with Crippen molar-refractivity contribution in [1.82, 2.24) is 0 Å². The first-order chi connectivity index (χ1) is 9.04. The number of aryl methyl sites for hydroxylation is 1. The van der Waals surface area contributed by atoms with Crippen LogP contribution in [0.3, 0.4) is 0 Å². The van der Waals surface area contributed by atoms with Crippen molar-refractivity contribution in [3.05, 3.63) is 51.7 Å². The summed E-state index contributed by atoms with van der Waals surface area (Å²) in [4.78, 5) is 12.1. The number of anilines is 1. The monoisotopic (exact) mass is 274 g/mol. The van der Waals surface area contributed by atoms with Crippen LogP contribution in [0.4, 0.5) is 5.88 Å². The van der Waals surface area contributed by atoms with E-state index in [1.807, 2.05) is 6.07 Å². The highest BCUT2D eigenvalue weighted by Gasteiger charge is 2.18. The van der Waals surface area contributed by atoms with Gasteiger partial charge in [0, 0.05) is 5.56 Å². The topological polar surface area (TPSA) is 66.0 Å². The zero-order valence-electron chi connectivity index (χ0n) is 10.5. The summed E-state index contributed by atoms with van der Waals surface area (Å²) < 4.78 is 5.37. The van der Waals surface area contributed by atoms with Crippen LogP contribution in [-0.2, 0) is 0 Å². The molecule has 1 aromatic carbocycles. The quantitative estimate of drug-likeness (QED) is 0.908. The number of nitrogens with zero attached hydrogens (tertiary/aromatic N) is 1. The van der Waals surface area contributed by atoms with Gasteiger partial charge in [0.25, 0.3) is 5.91 Å². The Balaban J connectivity index is 2.33. The summed E-state index contributed by atoms with van der Waals surface area (Å²) in [5.41, 5.74) is 1.38. The number of halogens is 1. The van der Waals surface area contributed by atoms with E-state index in [1.165, 1.54) is 0 Å². The van der Waals surface area contributed by atoms with E-state index in [0.29, 0.717) is 21.9 Å². The molecule has 0 fully saturated rings. The predicted octanol–water partition coefficient (Wildman–Crippen LogP) is 3.67. The molecule has 5 heteroatoms. The Labute approximate surface area is 115 Å². The number of carbonyl (C=O) groups excluding carboxylic acids is 1. The molecule has 1 N–H and O–H groups in total. The van der Waals surface area contributed by atoms with Crippen LogP contribution >= 0.6 is 11.6 Å². The van der Waals surface area contributed by atoms with Crippen molar-refractivity contribution in [3.8, 4) is 6.07 Å². The van der Waals surface area contributed by atoms with Crippen LogP contribution in [0.2, 0.25) is 5.02 Å². The molecule has 96 valence electrons. The third-order valence-electron chi connectivity index (χ3n) is 2.84. The van der Waals surface area contributed by atoms with Gasteiger partial charge in [-0.1, -0.05) is 23.7 Å². The van der Waals surface area contributed by atoms with E-state index in [1.54, 1.807) is 38.1 Å². The number of benzene rings is 1. The maximum Gasteiger partial charge on any atom is 0.259 e. The van der Waals surface area contributed by atoms with Gasteiger partial charge >= 0.3 is 0 Å². The molecule has 0 radical (unpaired) electrons. The van der Waals surface area contributed by atoms with Gasteiger partial charge in [-0.05, 0) is 26.0 Å². The molecule has 0 aliphatic rings. The van der Waals surface area contributed by atoms with Gasteiger partial charge in [0.05, 0.1) is 10.6 Å². The van der Waals surface area contributed by atoms with Crippen molar-refractivity contribution in [2.24, 2.45) is 0 Å². The van der Waals surface area contributed by atoms with E-state index in [0.717, 1.165) is 5.56 Å². The van der Waals surface area contributed by atoms with E-state index >= 15 is 0 Å². The lowest BCUT2D eigenvalue weighted by molar-refractivity contribution is 0.102. The highest BCUT2D eigenvalue weighted by atomic mass is 35.5. The molecule has 0 aliphatic carbocycles. The molecule has 0 atom stereocenters. The molecule has 2 rings (SSSR count). The Kier molecular flexibility index (Phi) is 3.59. The number of furan rings is 1. The second-order valence-corrected chi connectivity index (χ2v) is 4.44. The molecule has 19 heavy (non-hydrogen) atoms. The van der Waals surface area contributed by atoms with Gasteiger partial charge in [-0.25, -0.2) is 0 Å². The summed E-state index contributed by atoms with van der Waals surface area (Å²) in [6.45, 7) is 3.50. The van der Waals surface area contributed by atoms with Crippen LogP contribution < -0.4 is 5.32 Å². The maximum absolute atomic E-state index is 12.1. The van der Waals surface area contributed by atoms with Gasteiger partial charge in [0.1, 0.15) is 17.4 Å². The molecular formula is C14H11ClN2O2. The predicted molar refractivity (Wildman–Crippen MR) is 72.3 cm³/mol. The number of amides is 1. The van der Waals surface area contributed by atoms with Gasteiger partial charge in [-0.15, -0.1) is 0 Å². The lowest BCUT2D eigenvalue weighted by atomic mass is 10.1. The molecule has 0 unspecified atom stereocenters. The van der Waals surface area contributed by atoms with Crippen LogP contribution in [0.1, 0.15) is 27.2 Å². The largest absolute Gasteiger partial charge is 0.444 e.